The van der Waals surface area contributed by atoms with E-state index in [-0.39, 0.29) is 23.6 Å². The lowest BCUT2D eigenvalue weighted by Gasteiger charge is -2.36. The minimum absolute atomic E-state index is 0.0526. The fourth-order valence-electron chi connectivity index (χ4n) is 5.43. The maximum Gasteiger partial charge on any atom is 0.250 e. The number of carbonyl (C=O) groups is 3. The van der Waals surface area contributed by atoms with Gasteiger partial charge in [-0.05, 0) is 50.9 Å². The largest absolute Gasteiger partial charge is 0.326 e. The number of anilines is 2. The van der Waals surface area contributed by atoms with Gasteiger partial charge in [0.1, 0.15) is 5.54 Å². The van der Waals surface area contributed by atoms with Gasteiger partial charge in [0.25, 0.3) is 0 Å². The van der Waals surface area contributed by atoms with E-state index in [2.05, 4.69) is 15.5 Å². The van der Waals surface area contributed by atoms with E-state index in [4.69, 9.17) is 0 Å². The summed E-state index contributed by atoms with van der Waals surface area (Å²) in [5, 5.41) is 5.98. The van der Waals surface area contributed by atoms with E-state index in [0.29, 0.717) is 17.7 Å². The summed E-state index contributed by atoms with van der Waals surface area (Å²) in [5.74, 6) is -0.826. The zero-order valence-corrected chi connectivity index (χ0v) is 16.3. The van der Waals surface area contributed by atoms with Crippen LogP contribution in [0.15, 0.2) is 48.5 Å². The van der Waals surface area contributed by atoms with Crippen molar-refractivity contribution in [1.29, 1.82) is 0 Å². The fraction of sp³-hybridized carbons (Fsp3) is 0.348. The topological polar surface area (TPSA) is 78.5 Å². The molecule has 3 atom stereocenters. The number of fused-ring (bicyclic) bond motifs is 4. The highest BCUT2D eigenvalue weighted by Crippen LogP contribution is 2.55. The van der Waals surface area contributed by atoms with Gasteiger partial charge >= 0.3 is 0 Å². The molecule has 3 aliphatic rings. The van der Waals surface area contributed by atoms with Gasteiger partial charge in [-0.15, -0.1) is 0 Å². The molecule has 0 saturated carbocycles. The lowest BCUT2D eigenvalue weighted by Crippen LogP contribution is -2.53. The first-order valence-corrected chi connectivity index (χ1v) is 10.1. The second-order valence-electron chi connectivity index (χ2n) is 8.17. The highest BCUT2D eigenvalue weighted by atomic mass is 16.2. The molecule has 6 nitrogen and oxygen atoms in total. The number of hydrogen-bond acceptors (Lipinski definition) is 4. The van der Waals surface area contributed by atoms with Crippen LogP contribution in [0.1, 0.15) is 42.1 Å². The number of ketones is 1. The third-order valence-corrected chi connectivity index (χ3v) is 6.63. The van der Waals surface area contributed by atoms with E-state index in [1.54, 1.807) is 24.3 Å². The van der Waals surface area contributed by atoms with Crippen molar-refractivity contribution < 1.29 is 14.4 Å². The zero-order chi connectivity index (χ0) is 20.2. The van der Waals surface area contributed by atoms with E-state index in [0.717, 1.165) is 30.6 Å². The Morgan fingerprint density at radius 2 is 2.00 bits per heavy atom. The number of nitrogens with one attached hydrogen (secondary N) is 2. The highest BCUT2D eigenvalue weighted by Gasteiger charge is 2.65. The number of hydrogen-bond donors (Lipinski definition) is 2. The molecule has 5 rings (SSSR count). The summed E-state index contributed by atoms with van der Waals surface area (Å²) in [5.41, 5.74) is 1.86. The van der Waals surface area contributed by atoms with E-state index in [1.165, 1.54) is 6.92 Å². The van der Waals surface area contributed by atoms with Crippen molar-refractivity contribution >= 4 is 29.0 Å². The Kier molecular flexibility index (Phi) is 4.06. The van der Waals surface area contributed by atoms with Crippen LogP contribution >= 0.6 is 0 Å². The Morgan fingerprint density at radius 1 is 1.17 bits per heavy atom. The van der Waals surface area contributed by atoms with Gasteiger partial charge in [0.05, 0.1) is 5.92 Å². The third kappa shape index (κ3) is 2.55. The molecule has 0 aromatic heterocycles. The molecule has 2 fully saturated rings. The molecule has 2 aromatic rings. The number of rotatable bonds is 3. The first-order chi connectivity index (χ1) is 14.0. The SMILES string of the molecule is CC(=O)c1cccc(NC(=O)[C@@H]2C[C@H]3CCCN3[C@@]23C(=O)Nc2ccccc23)c1. The number of carbonyl (C=O) groups excluding carboxylic acids is 3. The van der Waals surface area contributed by atoms with Gasteiger partial charge in [-0.2, -0.15) is 0 Å². The zero-order valence-electron chi connectivity index (χ0n) is 16.3. The second kappa shape index (κ2) is 6.52. The summed E-state index contributed by atoms with van der Waals surface area (Å²) in [7, 11) is 0. The van der Waals surface area contributed by atoms with E-state index in [1.807, 2.05) is 24.3 Å². The smallest absolute Gasteiger partial charge is 0.250 e. The molecule has 0 aliphatic carbocycles. The van der Waals surface area contributed by atoms with Crippen LogP contribution in [0.5, 0.6) is 0 Å². The summed E-state index contributed by atoms with van der Waals surface area (Å²) in [6, 6.07) is 14.9. The van der Waals surface area contributed by atoms with Gasteiger partial charge in [-0.1, -0.05) is 30.3 Å². The summed E-state index contributed by atoms with van der Waals surface area (Å²) >= 11 is 0. The minimum atomic E-state index is -0.958. The van der Waals surface area contributed by atoms with Crippen molar-refractivity contribution in [2.75, 3.05) is 17.2 Å². The number of para-hydroxylation sites is 1. The van der Waals surface area contributed by atoms with Crippen LogP contribution in [0.2, 0.25) is 0 Å². The third-order valence-electron chi connectivity index (χ3n) is 6.63. The van der Waals surface area contributed by atoms with Crippen molar-refractivity contribution in [3.05, 3.63) is 59.7 Å². The number of nitrogens with zero attached hydrogens (tertiary/aromatic N) is 1. The number of amides is 2. The van der Waals surface area contributed by atoms with Crippen molar-refractivity contribution in [1.82, 2.24) is 4.90 Å². The molecule has 29 heavy (non-hydrogen) atoms. The Bertz CT molecular complexity index is 1030. The molecule has 2 N–H and O–H groups in total. The fourth-order valence-corrected chi connectivity index (χ4v) is 5.43. The van der Waals surface area contributed by atoms with Crippen molar-refractivity contribution in [3.63, 3.8) is 0 Å². The van der Waals surface area contributed by atoms with Crippen LogP contribution in [0.4, 0.5) is 11.4 Å². The molecule has 6 heteroatoms. The number of benzene rings is 2. The van der Waals surface area contributed by atoms with Crippen LogP contribution in [0, 0.1) is 5.92 Å². The van der Waals surface area contributed by atoms with Crippen molar-refractivity contribution in [2.45, 2.75) is 37.8 Å². The summed E-state index contributed by atoms with van der Waals surface area (Å²) in [4.78, 5) is 40.7. The average Bonchev–Trinajstić information content (AvgIpc) is 3.36. The van der Waals surface area contributed by atoms with Crippen LogP contribution in [0.3, 0.4) is 0 Å². The standard InChI is InChI=1S/C23H23N3O3/c1-14(27)15-6-4-7-16(12-15)24-21(28)19-13-17-8-5-11-26(17)23(19)18-9-2-3-10-20(18)25-22(23)29/h2-4,6-7,9-10,12,17,19H,5,8,11,13H2,1H3,(H,24,28)(H,25,29)/t17-,19+,23-/m1/s1. The molecule has 148 valence electrons. The first kappa shape index (κ1) is 18.1. The molecule has 0 unspecified atom stereocenters. The van der Waals surface area contributed by atoms with Crippen molar-refractivity contribution in [2.24, 2.45) is 5.92 Å². The summed E-state index contributed by atoms with van der Waals surface area (Å²) in [6.07, 6.45) is 2.69. The maximum absolute atomic E-state index is 13.4. The van der Waals surface area contributed by atoms with Gasteiger partial charge in [-0.25, -0.2) is 0 Å². The number of Topliss-reactive ketones (excluding diaryl/α,β-unsaturated/α-hetero) is 1. The Labute approximate surface area is 169 Å². The minimum Gasteiger partial charge on any atom is -0.326 e. The lowest BCUT2D eigenvalue weighted by atomic mass is 9.78. The maximum atomic E-state index is 13.4. The second-order valence-corrected chi connectivity index (χ2v) is 8.17. The Morgan fingerprint density at radius 3 is 2.83 bits per heavy atom. The normalized spacial score (nSPS) is 27.6. The van der Waals surface area contributed by atoms with Gasteiger partial charge in [-0.3, -0.25) is 19.3 Å². The molecule has 0 bridgehead atoms. The van der Waals surface area contributed by atoms with Crippen molar-refractivity contribution in [3.8, 4) is 0 Å². The molecule has 1 spiro atoms. The van der Waals surface area contributed by atoms with E-state index < -0.39 is 11.5 Å². The predicted octanol–water partition coefficient (Wildman–Crippen LogP) is 3.16. The predicted molar refractivity (Wildman–Crippen MR) is 110 cm³/mol. The molecular weight excluding hydrogens is 366 g/mol. The molecule has 0 radical (unpaired) electrons. The van der Waals surface area contributed by atoms with Crippen LogP contribution < -0.4 is 10.6 Å². The van der Waals surface area contributed by atoms with Gasteiger partial charge in [0, 0.05) is 28.5 Å². The van der Waals surface area contributed by atoms with Crippen LogP contribution in [-0.2, 0) is 15.1 Å². The van der Waals surface area contributed by atoms with Gasteiger partial charge in [0.2, 0.25) is 11.8 Å². The van der Waals surface area contributed by atoms with E-state index in [9.17, 15) is 14.4 Å². The Balaban J connectivity index is 1.54. The lowest BCUT2D eigenvalue weighted by molar-refractivity contribution is -0.135. The molecule has 2 aromatic carbocycles. The molecule has 3 heterocycles. The summed E-state index contributed by atoms with van der Waals surface area (Å²) < 4.78 is 0. The molecule has 2 saturated heterocycles. The van der Waals surface area contributed by atoms with Crippen LogP contribution in [0.25, 0.3) is 0 Å². The van der Waals surface area contributed by atoms with Gasteiger partial charge in [0.15, 0.2) is 5.78 Å². The molecule has 3 aliphatic heterocycles. The van der Waals surface area contributed by atoms with Crippen LogP contribution in [-0.4, -0.2) is 35.1 Å². The summed E-state index contributed by atoms with van der Waals surface area (Å²) in [6.45, 7) is 2.32. The quantitative estimate of drug-likeness (QED) is 0.791. The average molecular weight is 389 g/mol. The molecule has 2 amide bonds. The Hall–Kier alpha value is -2.99. The van der Waals surface area contributed by atoms with Gasteiger partial charge < -0.3 is 10.6 Å². The monoisotopic (exact) mass is 389 g/mol. The molecular formula is C23H23N3O3. The van der Waals surface area contributed by atoms with E-state index >= 15 is 0 Å². The highest BCUT2D eigenvalue weighted by molar-refractivity contribution is 6.10. The first-order valence-electron chi connectivity index (χ1n) is 10.1.